The summed E-state index contributed by atoms with van der Waals surface area (Å²) >= 11 is 1.70. The van der Waals surface area contributed by atoms with E-state index < -0.39 is 0 Å². The van der Waals surface area contributed by atoms with Crippen LogP contribution in [-0.4, -0.2) is 34.8 Å². The second kappa shape index (κ2) is 5.09. The molecule has 2 aromatic heterocycles. The Morgan fingerprint density at radius 2 is 2.19 bits per heavy atom. The van der Waals surface area contributed by atoms with E-state index in [0.29, 0.717) is 24.9 Å². The first-order chi connectivity index (χ1) is 10.3. The summed E-state index contributed by atoms with van der Waals surface area (Å²) in [5.74, 6) is 1.17. The van der Waals surface area contributed by atoms with Gasteiger partial charge in [0.15, 0.2) is 5.13 Å². The number of fused-ring (bicyclic) bond motifs is 1. The summed E-state index contributed by atoms with van der Waals surface area (Å²) in [6, 6.07) is 8.18. The largest absolute Gasteiger partial charge is 0.366 e. The summed E-state index contributed by atoms with van der Waals surface area (Å²) in [5, 5.41) is 4.97. The van der Waals surface area contributed by atoms with Crippen LogP contribution in [0.1, 0.15) is 17.8 Å². The minimum absolute atomic E-state index is 0.164. The van der Waals surface area contributed by atoms with Crippen molar-refractivity contribution in [1.29, 1.82) is 0 Å². The topological polar surface area (TPSA) is 64.3 Å². The summed E-state index contributed by atoms with van der Waals surface area (Å²) in [7, 11) is 0. The molecule has 1 saturated heterocycles. The van der Waals surface area contributed by atoms with Gasteiger partial charge in [-0.05, 0) is 12.1 Å². The summed E-state index contributed by atoms with van der Waals surface area (Å²) in [6.07, 6.45) is -0.164. The minimum atomic E-state index is -0.164. The molecule has 4 rings (SSSR count). The third-order valence-corrected chi connectivity index (χ3v) is 4.55. The van der Waals surface area contributed by atoms with Gasteiger partial charge in [0.2, 0.25) is 11.7 Å². The number of ether oxygens (including phenoxy) is 1. The molecule has 0 aliphatic carbocycles. The first-order valence-electron chi connectivity index (χ1n) is 6.82. The molecular weight excluding hydrogens is 288 g/mol. The van der Waals surface area contributed by atoms with Crippen LogP contribution in [0.3, 0.4) is 0 Å². The highest BCUT2D eigenvalue weighted by Gasteiger charge is 2.27. The summed E-state index contributed by atoms with van der Waals surface area (Å²) in [4.78, 5) is 11.2. The van der Waals surface area contributed by atoms with Crippen molar-refractivity contribution < 1.29 is 9.26 Å². The molecule has 0 saturated carbocycles. The van der Waals surface area contributed by atoms with Crippen LogP contribution in [0.2, 0.25) is 0 Å². The molecule has 1 fully saturated rings. The predicted molar refractivity (Wildman–Crippen MR) is 79.6 cm³/mol. The lowest BCUT2D eigenvalue weighted by molar-refractivity contribution is 0.0326. The Hall–Kier alpha value is -1.99. The van der Waals surface area contributed by atoms with Gasteiger partial charge in [-0.1, -0.05) is 28.6 Å². The van der Waals surface area contributed by atoms with Gasteiger partial charge in [0.05, 0.1) is 23.4 Å². The van der Waals surface area contributed by atoms with Crippen LogP contribution in [0, 0.1) is 6.92 Å². The first kappa shape index (κ1) is 12.7. The molecule has 1 aromatic carbocycles. The van der Waals surface area contributed by atoms with E-state index >= 15 is 0 Å². The number of morpholine rings is 1. The number of anilines is 1. The highest BCUT2D eigenvalue weighted by atomic mass is 32.1. The molecule has 21 heavy (non-hydrogen) atoms. The fourth-order valence-corrected chi connectivity index (χ4v) is 3.42. The van der Waals surface area contributed by atoms with Crippen molar-refractivity contribution in [3.8, 4) is 0 Å². The molecule has 108 valence electrons. The maximum atomic E-state index is 5.75. The number of hydrogen-bond acceptors (Lipinski definition) is 7. The number of rotatable bonds is 2. The molecular formula is C14H14N4O2S. The van der Waals surface area contributed by atoms with Crippen molar-refractivity contribution in [2.75, 3.05) is 24.6 Å². The van der Waals surface area contributed by atoms with E-state index in [1.54, 1.807) is 18.3 Å². The number of para-hydroxylation sites is 1. The first-order valence-corrected chi connectivity index (χ1v) is 7.63. The molecule has 3 aromatic rings. The Bertz CT molecular complexity index is 736. The zero-order chi connectivity index (χ0) is 14.2. The Morgan fingerprint density at radius 3 is 3.00 bits per heavy atom. The van der Waals surface area contributed by atoms with Crippen LogP contribution in [0.15, 0.2) is 28.8 Å². The van der Waals surface area contributed by atoms with Crippen LogP contribution >= 0.6 is 11.3 Å². The lowest BCUT2D eigenvalue weighted by Crippen LogP contribution is -2.38. The number of aryl methyl sites for hydroxylation is 1. The Labute approximate surface area is 125 Å². The van der Waals surface area contributed by atoms with E-state index in [1.165, 1.54) is 4.70 Å². The van der Waals surface area contributed by atoms with Gasteiger partial charge in [-0.2, -0.15) is 4.98 Å². The summed E-state index contributed by atoms with van der Waals surface area (Å²) in [5.41, 5.74) is 1.04. The lowest BCUT2D eigenvalue weighted by Gasteiger charge is -2.31. The van der Waals surface area contributed by atoms with Crippen LogP contribution in [0.5, 0.6) is 0 Å². The van der Waals surface area contributed by atoms with Gasteiger partial charge in [-0.15, -0.1) is 0 Å². The molecule has 0 amide bonds. The van der Waals surface area contributed by atoms with Crippen molar-refractivity contribution in [3.63, 3.8) is 0 Å². The van der Waals surface area contributed by atoms with Crippen LogP contribution in [0.25, 0.3) is 10.2 Å². The Morgan fingerprint density at radius 1 is 1.29 bits per heavy atom. The SMILES string of the molecule is Cc1nc(C2CN(c3nc4ccccc4s3)CCO2)no1. The number of nitrogens with zero attached hydrogens (tertiary/aromatic N) is 4. The zero-order valence-corrected chi connectivity index (χ0v) is 12.3. The Kier molecular flexibility index (Phi) is 3.08. The molecule has 7 heteroatoms. The van der Waals surface area contributed by atoms with Crippen molar-refractivity contribution in [3.05, 3.63) is 36.0 Å². The average molecular weight is 302 g/mol. The fraction of sp³-hybridized carbons (Fsp3) is 0.357. The van der Waals surface area contributed by atoms with Gasteiger partial charge in [0.25, 0.3) is 0 Å². The second-order valence-corrected chi connectivity index (χ2v) is 5.95. The van der Waals surface area contributed by atoms with Gasteiger partial charge >= 0.3 is 0 Å². The van der Waals surface area contributed by atoms with Gasteiger partial charge < -0.3 is 14.2 Å². The average Bonchev–Trinajstić information content (AvgIpc) is 3.13. The third kappa shape index (κ3) is 2.38. The molecule has 1 aliphatic rings. The van der Waals surface area contributed by atoms with Gasteiger partial charge in [-0.25, -0.2) is 4.98 Å². The van der Waals surface area contributed by atoms with Crippen LogP contribution in [-0.2, 0) is 4.74 Å². The molecule has 6 nitrogen and oxygen atoms in total. The standard InChI is InChI=1S/C14H14N4O2S/c1-9-15-13(17-20-9)11-8-18(6-7-19-11)14-16-10-4-2-3-5-12(10)21-14/h2-5,11H,6-8H2,1H3. The third-order valence-electron chi connectivity index (χ3n) is 3.45. The summed E-state index contributed by atoms with van der Waals surface area (Å²) in [6.45, 7) is 3.94. The lowest BCUT2D eigenvalue weighted by atomic mass is 10.2. The van der Waals surface area contributed by atoms with Crippen molar-refractivity contribution >= 4 is 26.7 Å². The zero-order valence-electron chi connectivity index (χ0n) is 11.5. The highest BCUT2D eigenvalue weighted by Crippen LogP contribution is 2.31. The summed E-state index contributed by atoms with van der Waals surface area (Å²) < 4.78 is 12.0. The Balaban J connectivity index is 1.60. The molecule has 1 atom stereocenters. The quantitative estimate of drug-likeness (QED) is 0.725. The normalized spacial score (nSPS) is 19.3. The van der Waals surface area contributed by atoms with E-state index in [4.69, 9.17) is 14.2 Å². The highest BCUT2D eigenvalue weighted by molar-refractivity contribution is 7.22. The molecule has 0 spiro atoms. The number of hydrogen-bond donors (Lipinski definition) is 0. The van der Waals surface area contributed by atoms with E-state index in [0.717, 1.165) is 17.2 Å². The van der Waals surface area contributed by atoms with Crippen LogP contribution < -0.4 is 4.90 Å². The van der Waals surface area contributed by atoms with Crippen molar-refractivity contribution in [1.82, 2.24) is 15.1 Å². The molecule has 0 bridgehead atoms. The second-order valence-electron chi connectivity index (χ2n) is 4.94. The van der Waals surface area contributed by atoms with E-state index in [-0.39, 0.29) is 6.10 Å². The number of thiazole rings is 1. The van der Waals surface area contributed by atoms with Crippen LogP contribution in [0.4, 0.5) is 5.13 Å². The van der Waals surface area contributed by atoms with Crippen molar-refractivity contribution in [2.45, 2.75) is 13.0 Å². The smallest absolute Gasteiger partial charge is 0.223 e. The predicted octanol–water partition coefficient (Wildman–Crippen LogP) is 2.57. The molecule has 0 radical (unpaired) electrons. The maximum absolute atomic E-state index is 5.75. The van der Waals surface area contributed by atoms with Gasteiger partial charge in [0.1, 0.15) is 6.10 Å². The minimum Gasteiger partial charge on any atom is -0.366 e. The van der Waals surface area contributed by atoms with E-state index in [1.807, 2.05) is 18.2 Å². The molecule has 1 unspecified atom stereocenters. The molecule has 3 heterocycles. The maximum Gasteiger partial charge on any atom is 0.223 e. The van der Waals surface area contributed by atoms with E-state index in [2.05, 4.69) is 21.1 Å². The number of aromatic nitrogens is 3. The fourth-order valence-electron chi connectivity index (χ4n) is 2.42. The van der Waals surface area contributed by atoms with Gasteiger partial charge in [0, 0.05) is 13.5 Å². The van der Waals surface area contributed by atoms with Gasteiger partial charge in [-0.3, -0.25) is 0 Å². The molecule has 1 aliphatic heterocycles. The number of benzene rings is 1. The monoisotopic (exact) mass is 302 g/mol. The molecule has 0 N–H and O–H groups in total. The van der Waals surface area contributed by atoms with Crippen molar-refractivity contribution in [2.24, 2.45) is 0 Å². The van der Waals surface area contributed by atoms with E-state index in [9.17, 15) is 0 Å².